The fraction of sp³-hybridized carbons (Fsp3) is 0.217. The standard InChI is InChI=1S/C23H21N5O3S/c29-21(25-16-8-10-27(13-16)20-5-1-2-9-24-20)15-6-7-18-19(12-15)26-23(32)28(22(18)30)14-17-4-3-11-31-17/h1-7,9,11-12,16H,8,10,13-14H2,(H,25,29)(H,26,32). The number of nitrogens with one attached hydrogen (secondary N) is 2. The summed E-state index contributed by atoms with van der Waals surface area (Å²) in [7, 11) is 0. The van der Waals surface area contributed by atoms with Crippen LogP contribution in [0.5, 0.6) is 0 Å². The summed E-state index contributed by atoms with van der Waals surface area (Å²) in [6, 6.07) is 14.4. The molecule has 4 heterocycles. The van der Waals surface area contributed by atoms with Crippen LogP contribution in [0.15, 0.2) is 70.2 Å². The van der Waals surface area contributed by atoms with Gasteiger partial charge in [-0.3, -0.25) is 14.2 Å². The molecule has 3 aromatic heterocycles. The second-order valence-electron chi connectivity index (χ2n) is 7.75. The maximum atomic E-state index is 12.9. The number of hydrogen-bond acceptors (Lipinski definition) is 6. The zero-order valence-corrected chi connectivity index (χ0v) is 18.0. The average Bonchev–Trinajstić information content (AvgIpc) is 3.49. The van der Waals surface area contributed by atoms with E-state index in [4.69, 9.17) is 16.6 Å². The van der Waals surface area contributed by atoms with E-state index in [2.05, 4.69) is 20.2 Å². The Morgan fingerprint density at radius 3 is 2.94 bits per heavy atom. The summed E-state index contributed by atoms with van der Waals surface area (Å²) in [6.45, 7) is 1.78. The molecule has 0 saturated carbocycles. The van der Waals surface area contributed by atoms with Crippen LogP contribution in [-0.4, -0.2) is 39.6 Å². The molecule has 9 heteroatoms. The number of H-pyrrole nitrogens is 1. The second kappa shape index (κ2) is 8.43. The lowest BCUT2D eigenvalue weighted by molar-refractivity contribution is 0.0940. The van der Waals surface area contributed by atoms with Gasteiger partial charge in [-0.05, 0) is 61.1 Å². The van der Waals surface area contributed by atoms with E-state index in [1.54, 1.807) is 42.8 Å². The van der Waals surface area contributed by atoms with Gasteiger partial charge in [-0.15, -0.1) is 0 Å². The number of rotatable bonds is 5. The number of hydrogen-bond donors (Lipinski definition) is 2. The van der Waals surface area contributed by atoms with E-state index in [-0.39, 0.29) is 28.8 Å². The number of aromatic nitrogens is 3. The molecule has 0 bridgehead atoms. The van der Waals surface area contributed by atoms with Crippen LogP contribution in [0, 0.1) is 4.77 Å². The number of nitrogens with zero attached hydrogens (tertiary/aromatic N) is 3. The van der Waals surface area contributed by atoms with E-state index >= 15 is 0 Å². The molecular weight excluding hydrogens is 426 g/mol. The summed E-state index contributed by atoms with van der Waals surface area (Å²) in [4.78, 5) is 35.4. The zero-order valence-electron chi connectivity index (χ0n) is 17.2. The van der Waals surface area contributed by atoms with E-state index < -0.39 is 0 Å². The van der Waals surface area contributed by atoms with Gasteiger partial charge >= 0.3 is 0 Å². The predicted octanol–water partition coefficient (Wildman–Crippen LogP) is 3.10. The summed E-state index contributed by atoms with van der Waals surface area (Å²) in [5, 5.41) is 3.55. The van der Waals surface area contributed by atoms with Crippen molar-refractivity contribution in [3.05, 3.63) is 87.4 Å². The van der Waals surface area contributed by atoms with E-state index in [0.29, 0.717) is 28.8 Å². The van der Waals surface area contributed by atoms with Crippen molar-refractivity contribution in [1.82, 2.24) is 19.9 Å². The van der Waals surface area contributed by atoms with Crippen molar-refractivity contribution in [2.45, 2.75) is 19.0 Å². The van der Waals surface area contributed by atoms with Crippen molar-refractivity contribution in [2.24, 2.45) is 0 Å². The fourth-order valence-corrected chi connectivity index (χ4v) is 4.25. The third kappa shape index (κ3) is 3.94. The van der Waals surface area contributed by atoms with Crippen LogP contribution in [0.25, 0.3) is 10.9 Å². The highest BCUT2D eigenvalue weighted by molar-refractivity contribution is 7.71. The molecule has 1 aliphatic rings. The van der Waals surface area contributed by atoms with Crippen molar-refractivity contribution >= 4 is 34.8 Å². The Labute approximate surface area is 188 Å². The van der Waals surface area contributed by atoms with Crippen molar-refractivity contribution in [1.29, 1.82) is 0 Å². The largest absolute Gasteiger partial charge is 0.467 e. The summed E-state index contributed by atoms with van der Waals surface area (Å²) in [6.07, 6.45) is 4.16. The second-order valence-corrected chi connectivity index (χ2v) is 8.14. The van der Waals surface area contributed by atoms with Gasteiger partial charge in [-0.2, -0.15) is 0 Å². The average molecular weight is 448 g/mol. The fourth-order valence-electron chi connectivity index (χ4n) is 3.99. The van der Waals surface area contributed by atoms with Gasteiger partial charge in [0.15, 0.2) is 4.77 Å². The molecular formula is C23H21N5O3S. The summed E-state index contributed by atoms with van der Waals surface area (Å²) >= 11 is 5.38. The van der Waals surface area contributed by atoms with Gasteiger partial charge in [-0.1, -0.05) is 6.07 Å². The van der Waals surface area contributed by atoms with Gasteiger partial charge in [0, 0.05) is 30.9 Å². The Morgan fingerprint density at radius 2 is 2.16 bits per heavy atom. The number of fused-ring (bicyclic) bond motifs is 1. The zero-order chi connectivity index (χ0) is 22.1. The molecule has 0 radical (unpaired) electrons. The maximum absolute atomic E-state index is 12.9. The molecule has 1 atom stereocenters. The molecule has 0 aliphatic carbocycles. The molecule has 1 aliphatic heterocycles. The molecule has 32 heavy (non-hydrogen) atoms. The highest BCUT2D eigenvalue weighted by Crippen LogP contribution is 2.18. The number of anilines is 1. The Kier molecular flexibility index (Phi) is 5.32. The normalized spacial score (nSPS) is 15.9. The smallest absolute Gasteiger partial charge is 0.262 e. The molecule has 1 amide bonds. The summed E-state index contributed by atoms with van der Waals surface area (Å²) in [5.74, 6) is 1.37. The number of carbonyl (C=O) groups excluding carboxylic acids is 1. The Hall–Kier alpha value is -3.72. The molecule has 0 spiro atoms. The van der Waals surface area contributed by atoms with Crippen molar-refractivity contribution in [3.8, 4) is 0 Å². The van der Waals surface area contributed by atoms with Gasteiger partial charge < -0.3 is 19.6 Å². The molecule has 8 nitrogen and oxygen atoms in total. The third-order valence-electron chi connectivity index (χ3n) is 5.63. The van der Waals surface area contributed by atoms with Crippen LogP contribution in [-0.2, 0) is 6.54 Å². The molecule has 1 saturated heterocycles. The highest BCUT2D eigenvalue weighted by atomic mass is 32.1. The topological polar surface area (TPSA) is 96.2 Å². The number of carbonyl (C=O) groups is 1. The van der Waals surface area contributed by atoms with E-state index in [9.17, 15) is 9.59 Å². The first-order chi connectivity index (χ1) is 15.6. The maximum Gasteiger partial charge on any atom is 0.262 e. The molecule has 1 aromatic carbocycles. The monoisotopic (exact) mass is 447 g/mol. The Balaban J connectivity index is 1.34. The van der Waals surface area contributed by atoms with Gasteiger partial charge in [0.25, 0.3) is 11.5 Å². The third-order valence-corrected chi connectivity index (χ3v) is 5.96. The number of furan rings is 1. The molecule has 162 valence electrons. The van der Waals surface area contributed by atoms with E-state index in [1.807, 2.05) is 18.2 Å². The lowest BCUT2D eigenvalue weighted by Crippen LogP contribution is -2.37. The Morgan fingerprint density at radius 1 is 1.25 bits per heavy atom. The minimum atomic E-state index is -0.228. The van der Waals surface area contributed by atoms with E-state index in [1.165, 1.54) is 4.57 Å². The number of amides is 1. The van der Waals surface area contributed by atoms with Crippen molar-refractivity contribution < 1.29 is 9.21 Å². The van der Waals surface area contributed by atoms with Crippen LogP contribution in [0.3, 0.4) is 0 Å². The SMILES string of the molecule is O=C(NC1CCN(c2ccccn2)C1)c1ccc2c(=O)n(Cc3ccco3)c(=S)[nH]c2c1. The lowest BCUT2D eigenvalue weighted by Gasteiger charge is -2.17. The first-order valence-corrected chi connectivity index (χ1v) is 10.8. The summed E-state index contributed by atoms with van der Waals surface area (Å²) in [5.41, 5.74) is 0.779. The van der Waals surface area contributed by atoms with Crippen molar-refractivity contribution in [3.63, 3.8) is 0 Å². The molecule has 1 fully saturated rings. The quantitative estimate of drug-likeness (QED) is 0.457. The van der Waals surface area contributed by atoms with Crippen molar-refractivity contribution in [2.75, 3.05) is 18.0 Å². The molecule has 1 unspecified atom stereocenters. The molecule has 2 N–H and O–H groups in total. The Bertz CT molecular complexity index is 1380. The molecule has 5 rings (SSSR count). The predicted molar refractivity (Wildman–Crippen MR) is 124 cm³/mol. The minimum absolute atomic E-state index is 0.0278. The van der Waals surface area contributed by atoms with Crippen LogP contribution in [0.1, 0.15) is 22.5 Å². The van der Waals surface area contributed by atoms with E-state index in [0.717, 1.165) is 18.8 Å². The summed E-state index contributed by atoms with van der Waals surface area (Å²) < 4.78 is 7.05. The molecule has 4 aromatic rings. The number of pyridine rings is 1. The van der Waals surface area contributed by atoms with Gasteiger partial charge in [0.1, 0.15) is 11.6 Å². The first-order valence-electron chi connectivity index (χ1n) is 10.3. The van der Waals surface area contributed by atoms with Crippen LogP contribution < -0.4 is 15.8 Å². The van der Waals surface area contributed by atoms with Crippen LogP contribution >= 0.6 is 12.2 Å². The van der Waals surface area contributed by atoms with Gasteiger partial charge in [0.05, 0.1) is 23.7 Å². The lowest BCUT2D eigenvalue weighted by atomic mass is 10.1. The minimum Gasteiger partial charge on any atom is -0.467 e. The van der Waals surface area contributed by atoms with Gasteiger partial charge in [0.2, 0.25) is 0 Å². The van der Waals surface area contributed by atoms with Gasteiger partial charge in [-0.25, -0.2) is 4.98 Å². The highest BCUT2D eigenvalue weighted by Gasteiger charge is 2.25. The first kappa shape index (κ1) is 20.2. The van der Waals surface area contributed by atoms with Crippen LogP contribution in [0.4, 0.5) is 5.82 Å². The number of aromatic amines is 1. The number of benzene rings is 1. The van der Waals surface area contributed by atoms with Crippen LogP contribution in [0.2, 0.25) is 0 Å².